The molecule has 0 spiro atoms. The number of aliphatic hydroxyl groups is 6. The fourth-order valence-corrected chi connectivity index (χ4v) is 2.06. The van der Waals surface area contributed by atoms with Crippen LogP contribution in [0.5, 0.6) is 0 Å². The minimum atomic E-state index is -1.51. The summed E-state index contributed by atoms with van der Waals surface area (Å²) in [6, 6.07) is 0. The Labute approximate surface area is 108 Å². The van der Waals surface area contributed by atoms with Crippen LogP contribution in [-0.4, -0.2) is 93.1 Å². The van der Waals surface area contributed by atoms with Crippen LogP contribution in [0, 0.1) is 0 Å². The van der Waals surface area contributed by atoms with Crippen LogP contribution >= 0.6 is 0 Å². The maximum atomic E-state index is 9.59. The zero-order valence-corrected chi connectivity index (χ0v) is 9.94. The summed E-state index contributed by atoms with van der Waals surface area (Å²) in [4.78, 5) is 0. The molecule has 9 heteroatoms. The molecular weight excluding hydrogens is 264 g/mol. The molecule has 112 valence electrons. The van der Waals surface area contributed by atoms with Crippen molar-refractivity contribution in [3.63, 3.8) is 0 Å². The zero-order valence-electron chi connectivity index (χ0n) is 9.94. The Morgan fingerprint density at radius 2 is 1.42 bits per heavy atom. The highest BCUT2D eigenvalue weighted by molar-refractivity contribution is 4.88. The highest BCUT2D eigenvalue weighted by Gasteiger charge is 2.46. The Hall–Kier alpha value is -0.360. The van der Waals surface area contributed by atoms with Gasteiger partial charge >= 0.3 is 0 Å². The van der Waals surface area contributed by atoms with Gasteiger partial charge < -0.3 is 44.8 Å². The number of hydrogen-bond donors (Lipinski definition) is 6. The summed E-state index contributed by atoms with van der Waals surface area (Å²) < 4.78 is 15.0. The number of ether oxygens (including phenoxy) is 3. The topological polar surface area (TPSA) is 149 Å². The molecule has 0 amide bonds. The lowest BCUT2D eigenvalue weighted by molar-refractivity contribution is -0.197. The van der Waals surface area contributed by atoms with Crippen molar-refractivity contribution < 1.29 is 44.8 Å². The van der Waals surface area contributed by atoms with Crippen molar-refractivity contribution in [3.8, 4) is 0 Å². The first-order valence-corrected chi connectivity index (χ1v) is 5.89. The van der Waals surface area contributed by atoms with E-state index in [0.717, 1.165) is 0 Å². The Morgan fingerprint density at radius 3 is 1.89 bits per heavy atom. The van der Waals surface area contributed by atoms with Gasteiger partial charge in [-0.3, -0.25) is 0 Å². The Morgan fingerprint density at radius 1 is 0.789 bits per heavy atom. The smallest absolute Gasteiger partial charge is 0.186 e. The summed E-state index contributed by atoms with van der Waals surface area (Å²) >= 11 is 0. The highest BCUT2D eigenvalue weighted by Crippen LogP contribution is 2.24. The van der Waals surface area contributed by atoms with Crippen LogP contribution in [0.25, 0.3) is 0 Å². The maximum absolute atomic E-state index is 9.59. The lowest BCUT2D eigenvalue weighted by Crippen LogP contribution is -2.38. The van der Waals surface area contributed by atoms with Gasteiger partial charge in [-0.2, -0.15) is 0 Å². The Balaban J connectivity index is 1.83. The fraction of sp³-hybridized carbons (Fsp3) is 1.00. The zero-order chi connectivity index (χ0) is 14.2. The van der Waals surface area contributed by atoms with E-state index in [1.165, 1.54) is 0 Å². The average molecular weight is 282 g/mol. The molecule has 0 aromatic heterocycles. The fourth-order valence-electron chi connectivity index (χ4n) is 2.06. The maximum Gasteiger partial charge on any atom is 0.186 e. The predicted molar refractivity (Wildman–Crippen MR) is 56.6 cm³/mol. The van der Waals surface area contributed by atoms with Gasteiger partial charge in [-0.1, -0.05) is 0 Å². The van der Waals surface area contributed by atoms with Crippen LogP contribution in [0.4, 0.5) is 0 Å². The van der Waals surface area contributed by atoms with Crippen LogP contribution in [0.2, 0.25) is 0 Å². The molecule has 0 saturated carbocycles. The van der Waals surface area contributed by atoms with Crippen molar-refractivity contribution in [2.24, 2.45) is 0 Å². The number of aliphatic hydroxyl groups excluding tert-OH is 6. The summed E-state index contributed by atoms with van der Waals surface area (Å²) in [5, 5.41) is 55.9. The van der Waals surface area contributed by atoms with Gasteiger partial charge in [0.15, 0.2) is 12.6 Å². The molecule has 9 nitrogen and oxygen atoms in total. The van der Waals surface area contributed by atoms with E-state index in [-0.39, 0.29) is 6.61 Å². The first-order chi connectivity index (χ1) is 8.95. The third-order valence-electron chi connectivity index (χ3n) is 3.26. The standard InChI is InChI=1S/C10H18O9/c11-1-3-5(12)8(15)10(19-3)17-2-4-6(13)7(14)9(16)18-4/h3-16H,1-2H2/t3-,4-,5-,6-,7+,8+,9+,10-/m1/s1. The van der Waals surface area contributed by atoms with Crippen molar-refractivity contribution in [2.75, 3.05) is 13.2 Å². The number of hydrogen-bond acceptors (Lipinski definition) is 9. The molecule has 0 unspecified atom stereocenters. The first-order valence-electron chi connectivity index (χ1n) is 5.89. The molecule has 2 heterocycles. The molecule has 6 N–H and O–H groups in total. The summed E-state index contributed by atoms with van der Waals surface area (Å²) in [5.74, 6) is 0. The molecule has 0 aromatic rings. The van der Waals surface area contributed by atoms with Gasteiger partial charge in [0, 0.05) is 0 Å². The Kier molecular flexibility index (Phi) is 4.71. The van der Waals surface area contributed by atoms with Gasteiger partial charge in [0.05, 0.1) is 13.2 Å². The van der Waals surface area contributed by atoms with Crippen LogP contribution in [-0.2, 0) is 14.2 Å². The first kappa shape index (κ1) is 15.0. The normalized spacial score (nSPS) is 50.8. The molecule has 19 heavy (non-hydrogen) atoms. The van der Waals surface area contributed by atoms with Gasteiger partial charge in [0.1, 0.15) is 36.6 Å². The van der Waals surface area contributed by atoms with E-state index in [1.54, 1.807) is 0 Å². The lowest BCUT2D eigenvalue weighted by atomic mass is 10.1. The van der Waals surface area contributed by atoms with E-state index in [0.29, 0.717) is 0 Å². The predicted octanol–water partition coefficient (Wildman–Crippen LogP) is -4.12. The largest absolute Gasteiger partial charge is 0.394 e. The van der Waals surface area contributed by atoms with Crippen LogP contribution in [0.3, 0.4) is 0 Å². The van der Waals surface area contributed by atoms with Crippen molar-refractivity contribution in [1.29, 1.82) is 0 Å². The van der Waals surface area contributed by atoms with Crippen molar-refractivity contribution >= 4 is 0 Å². The second kappa shape index (κ2) is 5.95. The van der Waals surface area contributed by atoms with Gasteiger partial charge in [-0.05, 0) is 0 Å². The molecule has 0 aromatic carbocycles. The van der Waals surface area contributed by atoms with Crippen LogP contribution < -0.4 is 0 Å². The quantitative estimate of drug-likeness (QED) is 0.302. The Bertz CT molecular complexity index is 301. The van der Waals surface area contributed by atoms with Crippen molar-refractivity contribution in [2.45, 2.75) is 49.2 Å². The minimum absolute atomic E-state index is 0.262. The van der Waals surface area contributed by atoms with E-state index >= 15 is 0 Å². The second-order valence-electron chi connectivity index (χ2n) is 4.59. The molecule has 2 fully saturated rings. The van der Waals surface area contributed by atoms with Gasteiger partial charge in [0.2, 0.25) is 0 Å². The van der Waals surface area contributed by atoms with Gasteiger partial charge in [0.25, 0.3) is 0 Å². The molecule has 8 atom stereocenters. The average Bonchev–Trinajstić information content (AvgIpc) is 2.81. The van der Waals surface area contributed by atoms with E-state index in [4.69, 9.17) is 24.4 Å². The molecule has 0 radical (unpaired) electrons. The summed E-state index contributed by atoms with van der Waals surface area (Å²) in [6.45, 7) is -0.736. The van der Waals surface area contributed by atoms with Crippen LogP contribution in [0.15, 0.2) is 0 Å². The minimum Gasteiger partial charge on any atom is -0.394 e. The van der Waals surface area contributed by atoms with E-state index in [9.17, 15) is 20.4 Å². The molecule has 2 saturated heterocycles. The van der Waals surface area contributed by atoms with E-state index < -0.39 is 55.8 Å². The van der Waals surface area contributed by atoms with Gasteiger partial charge in [-0.25, -0.2) is 0 Å². The van der Waals surface area contributed by atoms with Gasteiger partial charge in [-0.15, -0.1) is 0 Å². The molecule has 2 aliphatic rings. The van der Waals surface area contributed by atoms with E-state index in [2.05, 4.69) is 0 Å². The SMILES string of the molecule is OC[C@H]1O[C@@H](OC[C@H]2O[C@H](O)[C@@H](O)[C@@H]2O)[C@@H](O)[C@@H]1O. The molecule has 0 bridgehead atoms. The molecule has 0 aliphatic carbocycles. The molecule has 2 aliphatic heterocycles. The summed E-state index contributed by atoms with van der Waals surface area (Å²) in [5.41, 5.74) is 0. The molecule has 2 rings (SSSR count). The monoisotopic (exact) mass is 282 g/mol. The van der Waals surface area contributed by atoms with E-state index in [1.807, 2.05) is 0 Å². The molecular formula is C10H18O9. The third kappa shape index (κ3) is 2.89. The summed E-state index contributed by atoms with van der Waals surface area (Å²) in [7, 11) is 0. The second-order valence-corrected chi connectivity index (χ2v) is 4.59. The summed E-state index contributed by atoms with van der Waals surface area (Å²) in [6.07, 6.45) is -10.00. The van der Waals surface area contributed by atoms with Crippen molar-refractivity contribution in [1.82, 2.24) is 0 Å². The number of rotatable bonds is 4. The van der Waals surface area contributed by atoms with Crippen molar-refractivity contribution in [3.05, 3.63) is 0 Å². The lowest BCUT2D eigenvalue weighted by Gasteiger charge is -2.19. The van der Waals surface area contributed by atoms with Crippen LogP contribution in [0.1, 0.15) is 0 Å². The highest BCUT2D eigenvalue weighted by atomic mass is 16.7. The third-order valence-corrected chi connectivity index (χ3v) is 3.26.